The summed E-state index contributed by atoms with van der Waals surface area (Å²) in [6, 6.07) is 27.4. The molecular weight excluding hydrogens is 458 g/mol. The molecule has 1 heterocycles. The maximum Gasteiger partial charge on any atom is 0.315 e. The average molecular weight is 498 g/mol. The van der Waals surface area contributed by atoms with Crippen LogP contribution in [0.5, 0.6) is 0 Å². The van der Waals surface area contributed by atoms with Crippen LogP contribution < -0.4 is 10.6 Å². The van der Waals surface area contributed by atoms with Crippen molar-refractivity contribution in [2.24, 2.45) is 5.92 Å². The normalized spacial score (nSPS) is 20.7. The third-order valence-corrected chi connectivity index (χ3v) is 8.34. The Hall–Kier alpha value is -3.15. The molecule has 2 aliphatic rings. The van der Waals surface area contributed by atoms with E-state index in [0.717, 1.165) is 62.4 Å². The lowest BCUT2D eigenvalue weighted by atomic mass is 9.81. The number of hydrogen-bond acceptors (Lipinski definition) is 3. The first-order valence-corrected chi connectivity index (χ1v) is 13.7. The number of carbonyl (C=O) groups is 1. The van der Waals surface area contributed by atoms with E-state index in [2.05, 4.69) is 39.8 Å². The molecule has 3 N–H and O–H groups in total. The molecule has 1 saturated carbocycles. The van der Waals surface area contributed by atoms with E-state index in [4.69, 9.17) is 0 Å². The molecule has 2 amide bonds. The molecule has 37 heavy (non-hydrogen) atoms. The molecule has 1 unspecified atom stereocenters. The second kappa shape index (κ2) is 11.5. The van der Waals surface area contributed by atoms with E-state index in [-0.39, 0.29) is 12.1 Å². The maximum absolute atomic E-state index is 13.0. The van der Waals surface area contributed by atoms with Gasteiger partial charge in [-0.3, -0.25) is 4.90 Å². The zero-order valence-corrected chi connectivity index (χ0v) is 21.8. The van der Waals surface area contributed by atoms with Gasteiger partial charge in [0.25, 0.3) is 0 Å². The van der Waals surface area contributed by atoms with Crippen LogP contribution in [0.3, 0.4) is 0 Å². The minimum atomic E-state index is -1.33. The van der Waals surface area contributed by atoms with Gasteiger partial charge >= 0.3 is 6.03 Å². The smallest absolute Gasteiger partial charge is 0.315 e. The van der Waals surface area contributed by atoms with Crippen LogP contribution in [-0.2, 0) is 18.7 Å². The Morgan fingerprint density at radius 3 is 1.92 bits per heavy atom. The largest absolute Gasteiger partial charge is 0.378 e. The molecule has 1 fully saturated rings. The van der Waals surface area contributed by atoms with E-state index >= 15 is 0 Å². The fraction of sp³-hybridized carbons (Fsp3) is 0.406. The standard InChI is InChI=1S/C32H39N3O2/c1-24(32(37,28-12-4-2-5-13-28)29-14-6-3-7-15-29)33-31(36)34-30-18-16-25(17-19-30)20-21-35-22-26-10-8-9-11-27(26)23-35/h2-15,24-25,30,37H,16-23H2,1H3,(H2,33,34,36). The van der Waals surface area contributed by atoms with Gasteiger partial charge in [0, 0.05) is 19.1 Å². The van der Waals surface area contributed by atoms with Crippen molar-refractivity contribution < 1.29 is 9.90 Å². The van der Waals surface area contributed by atoms with Crippen LogP contribution in [0.4, 0.5) is 4.79 Å². The lowest BCUT2D eigenvalue weighted by molar-refractivity contribution is 0.0470. The minimum Gasteiger partial charge on any atom is -0.378 e. The molecule has 5 heteroatoms. The van der Waals surface area contributed by atoms with Gasteiger partial charge in [-0.1, -0.05) is 84.9 Å². The van der Waals surface area contributed by atoms with E-state index in [1.54, 1.807) is 0 Å². The van der Waals surface area contributed by atoms with Crippen LogP contribution in [0.15, 0.2) is 84.9 Å². The van der Waals surface area contributed by atoms with Crippen molar-refractivity contribution in [3.63, 3.8) is 0 Å². The topological polar surface area (TPSA) is 64.6 Å². The van der Waals surface area contributed by atoms with Gasteiger partial charge in [-0.25, -0.2) is 4.79 Å². The number of nitrogens with one attached hydrogen (secondary N) is 2. The highest BCUT2D eigenvalue weighted by atomic mass is 16.3. The Bertz CT molecular complexity index is 1090. The first kappa shape index (κ1) is 25.5. The number of rotatable bonds is 8. The summed E-state index contributed by atoms with van der Waals surface area (Å²) in [5.41, 5.74) is 3.14. The maximum atomic E-state index is 13.0. The van der Waals surface area contributed by atoms with Crippen molar-refractivity contribution in [1.82, 2.24) is 15.5 Å². The van der Waals surface area contributed by atoms with Crippen molar-refractivity contribution >= 4 is 6.03 Å². The number of aliphatic hydroxyl groups is 1. The lowest BCUT2D eigenvalue weighted by Gasteiger charge is -2.36. The Kier molecular flexibility index (Phi) is 7.92. The first-order chi connectivity index (χ1) is 18.0. The van der Waals surface area contributed by atoms with Crippen LogP contribution in [0, 0.1) is 5.92 Å². The fourth-order valence-electron chi connectivity index (χ4n) is 6.10. The van der Waals surface area contributed by atoms with Crippen molar-refractivity contribution in [3.05, 3.63) is 107 Å². The number of nitrogens with zero attached hydrogens (tertiary/aromatic N) is 1. The van der Waals surface area contributed by atoms with Gasteiger partial charge in [-0.05, 0) is 73.7 Å². The van der Waals surface area contributed by atoms with Crippen LogP contribution >= 0.6 is 0 Å². The number of carbonyl (C=O) groups excluding carboxylic acids is 1. The molecule has 0 bridgehead atoms. The van der Waals surface area contributed by atoms with Crippen molar-refractivity contribution in [2.45, 2.75) is 69.8 Å². The highest BCUT2D eigenvalue weighted by molar-refractivity contribution is 5.75. The van der Waals surface area contributed by atoms with E-state index in [0.29, 0.717) is 0 Å². The number of amides is 2. The molecule has 3 aromatic rings. The third-order valence-electron chi connectivity index (χ3n) is 8.34. The lowest BCUT2D eigenvalue weighted by Crippen LogP contribution is -2.54. The molecular formula is C32H39N3O2. The quantitative estimate of drug-likeness (QED) is 0.381. The van der Waals surface area contributed by atoms with Gasteiger partial charge in [-0.2, -0.15) is 0 Å². The molecule has 0 radical (unpaired) electrons. The molecule has 0 aromatic heterocycles. The number of fused-ring (bicyclic) bond motifs is 1. The summed E-state index contributed by atoms with van der Waals surface area (Å²) in [5, 5.41) is 18.1. The SMILES string of the molecule is CC(NC(=O)NC1CCC(CCN2Cc3ccccc3C2)CC1)C(O)(c1ccccc1)c1ccccc1. The average Bonchev–Trinajstić information content (AvgIpc) is 3.36. The van der Waals surface area contributed by atoms with E-state index < -0.39 is 11.6 Å². The third kappa shape index (κ3) is 5.89. The van der Waals surface area contributed by atoms with Crippen LogP contribution in [0.1, 0.15) is 61.3 Å². The van der Waals surface area contributed by atoms with Crippen LogP contribution in [-0.4, -0.2) is 34.7 Å². The number of urea groups is 1. The first-order valence-electron chi connectivity index (χ1n) is 13.7. The van der Waals surface area contributed by atoms with Crippen LogP contribution in [0.2, 0.25) is 0 Å². The zero-order chi connectivity index (χ0) is 25.7. The fourth-order valence-corrected chi connectivity index (χ4v) is 6.10. The predicted molar refractivity (Wildman–Crippen MR) is 148 cm³/mol. The molecule has 1 atom stereocenters. The second-order valence-corrected chi connectivity index (χ2v) is 10.8. The van der Waals surface area contributed by atoms with Gasteiger partial charge < -0.3 is 15.7 Å². The zero-order valence-electron chi connectivity index (χ0n) is 21.8. The molecule has 5 rings (SSSR count). The van der Waals surface area contributed by atoms with Crippen molar-refractivity contribution in [3.8, 4) is 0 Å². The molecule has 1 aliphatic carbocycles. The monoisotopic (exact) mass is 497 g/mol. The van der Waals surface area contributed by atoms with Gasteiger partial charge in [0.05, 0.1) is 6.04 Å². The van der Waals surface area contributed by atoms with E-state index in [1.807, 2.05) is 67.6 Å². The Morgan fingerprint density at radius 2 is 1.38 bits per heavy atom. The summed E-state index contributed by atoms with van der Waals surface area (Å²) in [7, 11) is 0. The van der Waals surface area contributed by atoms with Crippen molar-refractivity contribution in [1.29, 1.82) is 0 Å². The van der Waals surface area contributed by atoms with Gasteiger partial charge in [0.2, 0.25) is 0 Å². The predicted octanol–water partition coefficient (Wildman–Crippen LogP) is 5.57. The summed E-state index contributed by atoms with van der Waals surface area (Å²) in [6.07, 6.45) is 5.55. The van der Waals surface area contributed by atoms with E-state index in [9.17, 15) is 9.90 Å². The number of benzene rings is 3. The summed E-state index contributed by atoms with van der Waals surface area (Å²) in [6.45, 7) is 5.16. The second-order valence-electron chi connectivity index (χ2n) is 10.8. The summed E-state index contributed by atoms with van der Waals surface area (Å²) in [5.74, 6) is 0.727. The number of hydrogen-bond donors (Lipinski definition) is 3. The Morgan fingerprint density at radius 1 is 0.865 bits per heavy atom. The Balaban J connectivity index is 1.10. The van der Waals surface area contributed by atoms with Gasteiger partial charge in [0.1, 0.15) is 5.60 Å². The van der Waals surface area contributed by atoms with Gasteiger partial charge in [0.15, 0.2) is 0 Å². The summed E-state index contributed by atoms with van der Waals surface area (Å²) >= 11 is 0. The highest BCUT2D eigenvalue weighted by Gasteiger charge is 2.38. The molecule has 0 spiro atoms. The van der Waals surface area contributed by atoms with Gasteiger partial charge in [-0.15, -0.1) is 0 Å². The molecule has 1 aliphatic heterocycles. The van der Waals surface area contributed by atoms with Crippen molar-refractivity contribution in [2.75, 3.05) is 6.54 Å². The molecule has 194 valence electrons. The van der Waals surface area contributed by atoms with E-state index in [1.165, 1.54) is 17.5 Å². The Labute approximate surface area is 220 Å². The summed E-state index contributed by atoms with van der Waals surface area (Å²) in [4.78, 5) is 15.5. The van der Waals surface area contributed by atoms with Crippen LogP contribution in [0.25, 0.3) is 0 Å². The summed E-state index contributed by atoms with van der Waals surface area (Å²) < 4.78 is 0. The highest BCUT2D eigenvalue weighted by Crippen LogP contribution is 2.33. The molecule has 3 aromatic carbocycles. The minimum absolute atomic E-state index is 0.182. The molecule has 5 nitrogen and oxygen atoms in total. The molecule has 0 saturated heterocycles.